The largest absolute Gasteiger partial charge is 0.466 e. The summed E-state index contributed by atoms with van der Waals surface area (Å²) in [6.07, 6.45) is -4.52. The molecule has 0 radical (unpaired) electrons. The molecule has 3 aromatic carbocycles. The van der Waals surface area contributed by atoms with E-state index >= 15 is 0 Å². The minimum atomic E-state index is -4.52. The second kappa shape index (κ2) is 8.78. The number of aromatic nitrogens is 3. The highest BCUT2D eigenvalue weighted by molar-refractivity contribution is 6.04. The molecule has 168 valence electrons. The molecule has 0 unspecified atom stereocenters. The van der Waals surface area contributed by atoms with Crippen LogP contribution in [0.15, 0.2) is 72.8 Å². The van der Waals surface area contributed by atoms with Gasteiger partial charge in [0.2, 0.25) is 0 Å². The summed E-state index contributed by atoms with van der Waals surface area (Å²) in [5, 5.41) is 6.97. The second-order valence-electron chi connectivity index (χ2n) is 7.28. The summed E-state index contributed by atoms with van der Waals surface area (Å²) in [6.45, 7) is 1.99. The normalized spacial score (nSPS) is 11.3. The number of nitrogens with zero attached hydrogens (tertiary/aromatic N) is 3. The molecular weight excluding hydrogens is 433 g/mol. The van der Waals surface area contributed by atoms with Gasteiger partial charge in [-0.15, -0.1) is 5.10 Å². The molecule has 33 heavy (non-hydrogen) atoms. The maximum Gasteiger partial charge on any atom is 0.416 e. The third-order valence-electron chi connectivity index (χ3n) is 4.90. The Bertz CT molecular complexity index is 1280. The van der Waals surface area contributed by atoms with Gasteiger partial charge >= 0.3 is 12.2 Å². The van der Waals surface area contributed by atoms with Crippen LogP contribution >= 0.6 is 0 Å². The Morgan fingerprint density at radius 3 is 2.33 bits per heavy atom. The van der Waals surface area contributed by atoms with E-state index in [-0.39, 0.29) is 11.6 Å². The number of hydrogen-bond acceptors (Lipinski definition) is 4. The topological polar surface area (TPSA) is 69.0 Å². The first-order valence-electron chi connectivity index (χ1n) is 9.92. The van der Waals surface area contributed by atoms with E-state index in [1.807, 2.05) is 31.2 Å². The number of benzene rings is 3. The van der Waals surface area contributed by atoms with Crippen molar-refractivity contribution in [3.63, 3.8) is 0 Å². The molecule has 1 amide bonds. The van der Waals surface area contributed by atoms with E-state index in [0.29, 0.717) is 17.2 Å². The zero-order valence-electron chi connectivity index (χ0n) is 17.7. The van der Waals surface area contributed by atoms with Crippen LogP contribution in [0.3, 0.4) is 0 Å². The van der Waals surface area contributed by atoms with E-state index in [9.17, 15) is 18.0 Å². The number of ether oxygens (including phenoxy) is 1. The number of carbonyl (C=O) groups is 1. The van der Waals surface area contributed by atoms with Crippen molar-refractivity contribution in [2.75, 3.05) is 12.4 Å². The van der Waals surface area contributed by atoms with Crippen molar-refractivity contribution in [2.45, 2.75) is 13.1 Å². The van der Waals surface area contributed by atoms with Crippen molar-refractivity contribution >= 4 is 11.6 Å². The Kier molecular flexibility index (Phi) is 5.87. The van der Waals surface area contributed by atoms with E-state index in [1.165, 1.54) is 19.2 Å². The van der Waals surface area contributed by atoms with Gasteiger partial charge in [0.15, 0.2) is 5.82 Å². The summed E-state index contributed by atoms with van der Waals surface area (Å²) in [5.41, 5.74) is 2.07. The van der Waals surface area contributed by atoms with Gasteiger partial charge in [-0.2, -0.15) is 18.2 Å². The van der Waals surface area contributed by atoms with Gasteiger partial charge in [-0.05, 0) is 49.4 Å². The van der Waals surface area contributed by atoms with Crippen LogP contribution in [0.4, 0.5) is 18.9 Å². The summed E-state index contributed by atoms with van der Waals surface area (Å²) in [7, 11) is 1.48. The van der Waals surface area contributed by atoms with Crippen LogP contribution in [0.2, 0.25) is 0 Å². The molecule has 9 heteroatoms. The zero-order chi connectivity index (χ0) is 23.6. The van der Waals surface area contributed by atoms with Crippen molar-refractivity contribution in [2.24, 2.45) is 0 Å². The Morgan fingerprint density at radius 2 is 1.70 bits per heavy atom. The van der Waals surface area contributed by atoms with Crippen molar-refractivity contribution in [3.8, 4) is 23.1 Å². The number of hydrogen-bond donors (Lipinski definition) is 1. The minimum Gasteiger partial charge on any atom is -0.466 e. The van der Waals surface area contributed by atoms with Gasteiger partial charge in [-0.3, -0.25) is 4.79 Å². The van der Waals surface area contributed by atoms with Crippen molar-refractivity contribution in [1.29, 1.82) is 0 Å². The van der Waals surface area contributed by atoms with Crippen LogP contribution in [0.5, 0.6) is 6.01 Å². The van der Waals surface area contributed by atoms with E-state index in [1.54, 1.807) is 28.9 Å². The molecule has 4 aromatic rings. The SMILES string of the molecule is COc1nc(-c2ccc(C)cc2)n(-c2ccc(NC(=O)c3cccc(C(F)(F)F)c3)cc2)n1. The van der Waals surface area contributed by atoms with Crippen molar-refractivity contribution in [3.05, 3.63) is 89.5 Å². The summed E-state index contributed by atoms with van der Waals surface area (Å²) < 4.78 is 45.5. The number of carbonyl (C=O) groups excluding carboxylic acids is 1. The Labute approximate surface area is 187 Å². The average molecular weight is 452 g/mol. The molecule has 0 bridgehead atoms. The maximum atomic E-state index is 12.9. The third-order valence-corrected chi connectivity index (χ3v) is 4.90. The highest BCUT2D eigenvalue weighted by atomic mass is 19.4. The molecular formula is C24H19F3N4O2. The van der Waals surface area contributed by atoms with Crippen LogP contribution in [0.1, 0.15) is 21.5 Å². The zero-order valence-corrected chi connectivity index (χ0v) is 17.7. The molecule has 1 heterocycles. The quantitative estimate of drug-likeness (QED) is 0.433. The molecule has 0 atom stereocenters. The molecule has 1 aromatic heterocycles. The lowest BCUT2D eigenvalue weighted by molar-refractivity contribution is -0.137. The number of alkyl halides is 3. The molecule has 1 N–H and O–H groups in total. The first-order valence-corrected chi connectivity index (χ1v) is 9.92. The van der Waals surface area contributed by atoms with Crippen LogP contribution < -0.4 is 10.1 Å². The summed E-state index contributed by atoms with van der Waals surface area (Å²) in [6, 6.07) is 19.0. The highest BCUT2D eigenvalue weighted by Crippen LogP contribution is 2.30. The molecule has 0 saturated heterocycles. The number of amides is 1. The van der Waals surface area contributed by atoms with Gasteiger partial charge in [-0.1, -0.05) is 35.9 Å². The molecule has 0 spiro atoms. The maximum absolute atomic E-state index is 12.9. The predicted octanol–water partition coefficient (Wildman–Crippen LogP) is 5.52. The number of rotatable bonds is 5. The lowest BCUT2D eigenvalue weighted by Crippen LogP contribution is -2.14. The van der Waals surface area contributed by atoms with Crippen LogP contribution in [-0.2, 0) is 6.18 Å². The molecule has 6 nitrogen and oxygen atoms in total. The molecule has 0 aliphatic rings. The monoisotopic (exact) mass is 452 g/mol. The average Bonchev–Trinajstić information content (AvgIpc) is 3.24. The van der Waals surface area contributed by atoms with Gasteiger partial charge in [-0.25, -0.2) is 4.68 Å². The second-order valence-corrected chi connectivity index (χ2v) is 7.28. The fraction of sp³-hybridized carbons (Fsp3) is 0.125. The number of aryl methyl sites for hydroxylation is 1. The fourth-order valence-corrected chi connectivity index (χ4v) is 3.18. The van der Waals surface area contributed by atoms with Crippen LogP contribution in [-0.4, -0.2) is 27.8 Å². The van der Waals surface area contributed by atoms with Crippen molar-refractivity contribution in [1.82, 2.24) is 14.8 Å². The molecule has 0 saturated carbocycles. The minimum absolute atomic E-state index is 0.0865. The highest BCUT2D eigenvalue weighted by Gasteiger charge is 2.30. The summed E-state index contributed by atoms with van der Waals surface area (Å²) >= 11 is 0. The summed E-state index contributed by atoms with van der Waals surface area (Å²) in [5.74, 6) is -0.0655. The van der Waals surface area contributed by atoms with Gasteiger partial charge in [0.25, 0.3) is 5.91 Å². The lowest BCUT2D eigenvalue weighted by Gasteiger charge is -2.10. The fourth-order valence-electron chi connectivity index (χ4n) is 3.18. The first-order chi connectivity index (χ1) is 15.7. The number of halogens is 3. The van der Waals surface area contributed by atoms with E-state index in [0.717, 1.165) is 23.3 Å². The van der Waals surface area contributed by atoms with Gasteiger partial charge in [0.05, 0.1) is 18.4 Å². The summed E-state index contributed by atoms with van der Waals surface area (Å²) in [4.78, 5) is 16.8. The van der Waals surface area contributed by atoms with Crippen LogP contribution in [0, 0.1) is 6.92 Å². The van der Waals surface area contributed by atoms with Crippen LogP contribution in [0.25, 0.3) is 17.1 Å². The predicted molar refractivity (Wildman–Crippen MR) is 117 cm³/mol. The van der Waals surface area contributed by atoms with Gasteiger partial charge in [0.1, 0.15) is 0 Å². The number of methoxy groups -OCH3 is 1. The Morgan fingerprint density at radius 1 is 1.00 bits per heavy atom. The lowest BCUT2D eigenvalue weighted by atomic mass is 10.1. The number of nitrogens with one attached hydrogen (secondary N) is 1. The van der Waals surface area contributed by atoms with Crippen molar-refractivity contribution < 1.29 is 22.7 Å². The molecule has 0 fully saturated rings. The molecule has 0 aliphatic heterocycles. The van der Waals surface area contributed by atoms with E-state index < -0.39 is 17.6 Å². The van der Waals surface area contributed by atoms with Gasteiger partial charge in [0, 0.05) is 16.8 Å². The number of anilines is 1. The third kappa shape index (κ3) is 4.87. The van der Waals surface area contributed by atoms with E-state index in [2.05, 4.69) is 15.4 Å². The Balaban J connectivity index is 1.58. The molecule has 4 rings (SSSR count). The van der Waals surface area contributed by atoms with E-state index in [4.69, 9.17) is 4.74 Å². The molecule has 0 aliphatic carbocycles. The first kappa shape index (κ1) is 22.1. The standard InChI is InChI=1S/C24H19F3N4O2/c1-15-6-8-16(9-7-15)21-29-23(33-2)30-31(21)20-12-10-19(11-13-20)28-22(32)17-4-3-5-18(14-17)24(25,26)27/h3-14H,1-2H3,(H,28,32). The smallest absolute Gasteiger partial charge is 0.416 e. The Hall–Kier alpha value is -4.14. The van der Waals surface area contributed by atoms with Gasteiger partial charge < -0.3 is 10.1 Å².